The van der Waals surface area contributed by atoms with Gasteiger partial charge in [0.1, 0.15) is 5.75 Å². The van der Waals surface area contributed by atoms with Gasteiger partial charge in [0, 0.05) is 30.0 Å². The third-order valence-corrected chi connectivity index (χ3v) is 5.21. The molecular formula is C19H21BrF3N3O. The summed E-state index contributed by atoms with van der Waals surface area (Å²) in [5.74, 6) is 0.798. The minimum Gasteiger partial charge on any atom is -0.493 e. The molecule has 8 heteroatoms. The molecule has 146 valence electrons. The maximum Gasteiger partial charge on any atom is 0.420 e. The van der Waals surface area contributed by atoms with Crippen molar-refractivity contribution in [1.29, 1.82) is 0 Å². The van der Waals surface area contributed by atoms with Crippen LogP contribution in [0.4, 0.5) is 19.1 Å². The molecule has 0 atom stereocenters. The second kappa shape index (κ2) is 8.46. The third kappa shape index (κ3) is 5.12. The number of aryl methyl sites for hydroxylation is 1. The van der Waals surface area contributed by atoms with Gasteiger partial charge in [-0.05, 0) is 48.9 Å². The number of aromatic nitrogens is 2. The van der Waals surface area contributed by atoms with Crippen molar-refractivity contribution in [2.24, 2.45) is 5.92 Å². The van der Waals surface area contributed by atoms with Gasteiger partial charge in [-0.25, -0.2) is 9.97 Å². The van der Waals surface area contributed by atoms with Gasteiger partial charge in [0.15, 0.2) is 0 Å². The van der Waals surface area contributed by atoms with E-state index in [-0.39, 0.29) is 18.3 Å². The van der Waals surface area contributed by atoms with E-state index in [1.165, 1.54) is 6.07 Å². The molecule has 0 saturated carbocycles. The Hall–Kier alpha value is -1.83. The maximum absolute atomic E-state index is 13.2. The van der Waals surface area contributed by atoms with Gasteiger partial charge in [-0.15, -0.1) is 0 Å². The number of piperidine rings is 1. The van der Waals surface area contributed by atoms with Crippen molar-refractivity contribution in [2.45, 2.75) is 32.4 Å². The summed E-state index contributed by atoms with van der Waals surface area (Å²) in [6.45, 7) is 3.87. The van der Waals surface area contributed by atoms with E-state index in [0.717, 1.165) is 44.0 Å². The smallest absolute Gasteiger partial charge is 0.420 e. The number of halogens is 4. The predicted octanol–water partition coefficient (Wildman–Crippen LogP) is 5.12. The van der Waals surface area contributed by atoms with Crippen molar-refractivity contribution in [1.82, 2.24) is 9.97 Å². The summed E-state index contributed by atoms with van der Waals surface area (Å²) in [5, 5.41) is 0. The van der Waals surface area contributed by atoms with Gasteiger partial charge in [0.2, 0.25) is 5.95 Å². The Labute approximate surface area is 164 Å². The molecule has 0 unspecified atom stereocenters. The summed E-state index contributed by atoms with van der Waals surface area (Å²) in [6, 6.07) is 3.98. The molecule has 1 aromatic heterocycles. The highest BCUT2D eigenvalue weighted by atomic mass is 79.9. The average molecular weight is 444 g/mol. The molecule has 2 heterocycles. The van der Waals surface area contributed by atoms with Crippen molar-refractivity contribution < 1.29 is 17.9 Å². The largest absolute Gasteiger partial charge is 0.493 e. The molecule has 0 radical (unpaired) electrons. The van der Waals surface area contributed by atoms with Crippen LogP contribution in [0.1, 0.15) is 30.9 Å². The van der Waals surface area contributed by atoms with Crippen LogP contribution in [0.2, 0.25) is 0 Å². The first-order valence-corrected chi connectivity index (χ1v) is 9.71. The second-order valence-corrected chi connectivity index (χ2v) is 7.54. The standard InChI is InChI=1S/C19H21BrF3N3O/c1-2-13-10-24-18(25-11-13)26-7-5-14(6-8-26)12-27-17-4-3-15(20)9-16(17)19(21,22)23/h3-4,9-11,14H,2,5-8,12H2,1H3. The van der Waals surface area contributed by atoms with E-state index in [4.69, 9.17) is 4.74 Å². The molecule has 0 aliphatic carbocycles. The normalized spacial score (nSPS) is 15.8. The number of rotatable bonds is 5. The van der Waals surface area contributed by atoms with Gasteiger partial charge in [0.05, 0.1) is 12.2 Å². The number of benzene rings is 1. The summed E-state index contributed by atoms with van der Waals surface area (Å²) in [6.07, 6.45) is 1.79. The predicted molar refractivity (Wildman–Crippen MR) is 101 cm³/mol. The SMILES string of the molecule is CCc1cnc(N2CCC(COc3ccc(Br)cc3C(F)(F)F)CC2)nc1. The molecule has 2 aromatic rings. The lowest BCUT2D eigenvalue weighted by atomic mass is 9.98. The van der Waals surface area contributed by atoms with Crippen molar-refractivity contribution in [3.05, 3.63) is 46.2 Å². The van der Waals surface area contributed by atoms with Crippen molar-refractivity contribution >= 4 is 21.9 Å². The first kappa shape index (κ1) is 19.9. The highest BCUT2D eigenvalue weighted by Gasteiger charge is 2.35. The number of hydrogen-bond acceptors (Lipinski definition) is 4. The van der Waals surface area contributed by atoms with Gasteiger partial charge in [0.25, 0.3) is 0 Å². The van der Waals surface area contributed by atoms with Gasteiger partial charge >= 0.3 is 6.18 Å². The Kier molecular flexibility index (Phi) is 6.24. The van der Waals surface area contributed by atoms with Crippen LogP contribution in [-0.4, -0.2) is 29.7 Å². The lowest BCUT2D eigenvalue weighted by Crippen LogP contribution is -2.36. The number of nitrogens with zero attached hydrogens (tertiary/aromatic N) is 3. The summed E-state index contributed by atoms with van der Waals surface area (Å²) in [4.78, 5) is 10.9. The first-order chi connectivity index (χ1) is 12.9. The lowest BCUT2D eigenvalue weighted by molar-refractivity contribution is -0.139. The quantitative estimate of drug-likeness (QED) is 0.642. The van der Waals surface area contributed by atoms with E-state index in [1.807, 2.05) is 12.4 Å². The van der Waals surface area contributed by atoms with Gasteiger partial charge in [-0.1, -0.05) is 22.9 Å². The number of ether oxygens (including phenoxy) is 1. The van der Waals surface area contributed by atoms with Crippen molar-refractivity contribution in [3.8, 4) is 5.75 Å². The lowest BCUT2D eigenvalue weighted by Gasteiger charge is -2.32. The molecule has 1 aromatic carbocycles. The molecule has 1 saturated heterocycles. The summed E-state index contributed by atoms with van der Waals surface area (Å²) in [5.41, 5.74) is 0.343. The average Bonchev–Trinajstić information content (AvgIpc) is 2.67. The highest BCUT2D eigenvalue weighted by Crippen LogP contribution is 2.38. The van der Waals surface area contributed by atoms with Gasteiger partial charge in [-0.2, -0.15) is 13.2 Å². The van der Waals surface area contributed by atoms with E-state index in [2.05, 4.69) is 37.7 Å². The van der Waals surface area contributed by atoms with Crippen LogP contribution in [0.25, 0.3) is 0 Å². The van der Waals surface area contributed by atoms with Gasteiger partial charge < -0.3 is 9.64 Å². The van der Waals surface area contributed by atoms with Crippen LogP contribution in [0, 0.1) is 5.92 Å². The van der Waals surface area contributed by atoms with E-state index in [0.29, 0.717) is 10.4 Å². The zero-order valence-electron chi connectivity index (χ0n) is 15.0. The second-order valence-electron chi connectivity index (χ2n) is 6.62. The molecule has 0 amide bonds. The van der Waals surface area contributed by atoms with Crippen LogP contribution >= 0.6 is 15.9 Å². The molecule has 1 fully saturated rings. The molecule has 4 nitrogen and oxygen atoms in total. The van der Waals surface area contributed by atoms with Crippen molar-refractivity contribution in [2.75, 3.05) is 24.6 Å². The summed E-state index contributed by atoms with van der Waals surface area (Å²) < 4.78 is 45.4. The Morgan fingerprint density at radius 2 is 1.85 bits per heavy atom. The number of alkyl halides is 3. The number of anilines is 1. The molecule has 0 bridgehead atoms. The fraction of sp³-hybridized carbons (Fsp3) is 0.474. The summed E-state index contributed by atoms with van der Waals surface area (Å²) >= 11 is 3.08. The maximum atomic E-state index is 13.2. The van der Waals surface area contributed by atoms with Crippen LogP contribution < -0.4 is 9.64 Å². The monoisotopic (exact) mass is 443 g/mol. The molecule has 1 aliphatic rings. The zero-order chi connectivity index (χ0) is 19.4. The van der Waals surface area contributed by atoms with Crippen LogP contribution in [0.3, 0.4) is 0 Å². The van der Waals surface area contributed by atoms with Crippen LogP contribution in [0.15, 0.2) is 35.1 Å². The van der Waals surface area contributed by atoms with Crippen LogP contribution in [-0.2, 0) is 12.6 Å². The van der Waals surface area contributed by atoms with E-state index < -0.39 is 11.7 Å². The summed E-state index contributed by atoms with van der Waals surface area (Å²) in [7, 11) is 0. The molecule has 0 spiro atoms. The highest BCUT2D eigenvalue weighted by molar-refractivity contribution is 9.10. The van der Waals surface area contributed by atoms with Crippen LogP contribution in [0.5, 0.6) is 5.75 Å². The Bertz CT molecular complexity index is 760. The Morgan fingerprint density at radius 3 is 2.44 bits per heavy atom. The fourth-order valence-corrected chi connectivity index (χ4v) is 3.41. The van der Waals surface area contributed by atoms with Crippen molar-refractivity contribution in [3.63, 3.8) is 0 Å². The first-order valence-electron chi connectivity index (χ1n) is 8.92. The van der Waals surface area contributed by atoms with E-state index in [9.17, 15) is 13.2 Å². The molecule has 0 N–H and O–H groups in total. The van der Waals surface area contributed by atoms with E-state index >= 15 is 0 Å². The van der Waals surface area contributed by atoms with Gasteiger partial charge in [-0.3, -0.25) is 0 Å². The molecule has 27 heavy (non-hydrogen) atoms. The molecule has 1 aliphatic heterocycles. The topological polar surface area (TPSA) is 38.2 Å². The molecule has 3 rings (SSSR count). The molecular weight excluding hydrogens is 423 g/mol. The van der Waals surface area contributed by atoms with E-state index in [1.54, 1.807) is 6.07 Å². The Morgan fingerprint density at radius 1 is 1.19 bits per heavy atom. The number of hydrogen-bond donors (Lipinski definition) is 0. The third-order valence-electron chi connectivity index (χ3n) is 4.72. The zero-order valence-corrected chi connectivity index (χ0v) is 16.6. The minimum absolute atomic E-state index is 0.119. The fourth-order valence-electron chi connectivity index (χ4n) is 3.05. The minimum atomic E-state index is -4.44. The Balaban J connectivity index is 1.55.